The number of aromatic nitrogens is 2. The third kappa shape index (κ3) is 2.69. The summed E-state index contributed by atoms with van der Waals surface area (Å²) in [5.74, 6) is 0.146. The van der Waals surface area contributed by atoms with Gasteiger partial charge in [0.15, 0.2) is 0 Å². The molecule has 2 atom stereocenters. The van der Waals surface area contributed by atoms with Gasteiger partial charge in [-0.25, -0.2) is 4.68 Å². The van der Waals surface area contributed by atoms with Gasteiger partial charge >= 0.3 is 0 Å². The second kappa shape index (κ2) is 6.27. The first-order valence-corrected chi connectivity index (χ1v) is 9.19. The van der Waals surface area contributed by atoms with Crippen molar-refractivity contribution in [1.82, 2.24) is 19.6 Å². The Bertz CT molecular complexity index is 872. The number of hydrogen-bond donors (Lipinski definition) is 0. The third-order valence-electron chi connectivity index (χ3n) is 5.45. The van der Waals surface area contributed by atoms with Crippen LogP contribution in [0.3, 0.4) is 0 Å². The van der Waals surface area contributed by atoms with E-state index in [1.807, 2.05) is 55.8 Å². The van der Waals surface area contributed by atoms with Gasteiger partial charge in [-0.15, -0.1) is 0 Å². The molecule has 4 rings (SSSR count). The lowest BCUT2D eigenvalue weighted by molar-refractivity contribution is -0.159. The fourth-order valence-corrected chi connectivity index (χ4v) is 4.13. The lowest BCUT2D eigenvalue weighted by atomic mass is 10.0. The van der Waals surface area contributed by atoms with Crippen LogP contribution in [0.5, 0.6) is 0 Å². The van der Waals surface area contributed by atoms with Gasteiger partial charge in [0, 0.05) is 18.8 Å². The molecular formula is C20H24N4O2. The van der Waals surface area contributed by atoms with Crippen LogP contribution < -0.4 is 0 Å². The summed E-state index contributed by atoms with van der Waals surface area (Å²) in [5, 5.41) is 4.53. The van der Waals surface area contributed by atoms with Crippen LogP contribution in [0.15, 0.2) is 30.3 Å². The van der Waals surface area contributed by atoms with Gasteiger partial charge < -0.3 is 9.80 Å². The molecule has 0 saturated carbocycles. The van der Waals surface area contributed by atoms with E-state index in [4.69, 9.17) is 0 Å². The maximum absolute atomic E-state index is 12.9. The van der Waals surface area contributed by atoms with E-state index in [1.54, 1.807) is 9.80 Å². The Balaban J connectivity index is 1.61. The van der Waals surface area contributed by atoms with Crippen molar-refractivity contribution in [1.29, 1.82) is 0 Å². The molecule has 1 aromatic heterocycles. The maximum Gasteiger partial charge on any atom is 0.246 e. The van der Waals surface area contributed by atoms with Crippen LogP contribution in [0.2, 0.25) is 0 Å². The number of carbonyl (C=O) groups excluding carboxylic acids is 2. The number of rotatable bonds is 3. The third-order valence-corrected chi connectivity index (χ3v) is 5.45. The van der Waals surface area contributed by atoms with E-state index in [0.717, 1.165) is 35.5 Å². The summed E-state index contributed by atoms with van der Waals surface area (Å²) in [6, 6.07) is 9.40. The van der Waals surface area contributed by atoms with Crippen molar-refractivity contribution in [2.75, 3.05) is 6.54 Å². The number of fused-ring (bicyclic) bond motifs is 1. The molecule has 2 saturated heterocycles. The standard InChI is InChI=1S/C20H24N4O2/c1-13-10-14(2)24(21-13)17-7-4-6-16(11-17)12-23-15(3)19(25)22-9-5-8-18(22)20(23)26/h4,6-7,10-11,15,18H,5,8-9,12H2,1-3H3/t15-,18+/m0/s1. The number of aryl methyl sites for hydroxylation is 2. The predicted octanol–water partition coefficient (Wildman–Crippen LogP) is 2.21. The highest BCUT2D eigenvalue weighted by Crippen LogP contribution is 2.28. The molecule has 0 radical (unpaired) electrons. The molecule has 6 heteroatoms. The molecule has 2 aliphatic rings. The van der Waals surface area contributed by atoms with Gasteiger partial charge in [-0.1, -0.05) is 12.1 Å². The van der Waals surface area contributed by atoms with Crippen molar-refractivity contribution in [3.8, 4) is 5.69 Å². The van der Waals surface area contributed by atoms with Crippen LogP contribution in [0, 0.1) is 13.8 Å². The minimum absolute atomic E-state index is 0.0711. The van der Waals surface area contributed by atoms with Crippen LogP contribution in [0.4, 0.5) is 0 Å². The molecule has 26 heavy (non-hydrogen) atoms. The largest absolute Gasteiger partial charge is 0.329 e. The van der Waals surface area contributed by atoms with Crippen molar-refractivity contribution in [3.05, 3.63) is 47.3 Å². The molecule has 2 amide bonds. The first kappa shape index (κ1) is 16.8. The summed E-state index contributed by atoms with van der Waals surface area (Å²) in [6.07, 6.45) is 1.69. The zero-order chi connectivity index (χ0) is 18.4. The number of benzene rings is 1. The van der Waals surface area contributed by atoms with E-state index in [9.17, 15) is 9.59 Å². The Kier molecular flexibility index (Phi) is 4.05. The molecule has 136 valence electrons. The summed E-state index contributed by atoms with van der Waals surface area (Å²) in [5.41, 5.74) is 4.02. The smallest absolute Gasteiger partial charge is 0.246 e. The lowest BCUT2D eigenvalue weighted by Crippen LogP contribution is -2.61. The molecule has 0 bridgehead atoms. The van der Waals surface area contributed by atoms with Crippen molar-refractivity contribution in [2.24, 2.45) is 0 Å². The van der Waals surface area contributed by atoms with Crippen molar-refractivity contribution in [3.63, 3.8) is 0 Å². The van der Waals surface area contributed by atoms with Gasteiger partial charge in [0.25, 0.3) is 0 Å². The maximum atomic E-state index is 12.9. The summed E-state index contributed by atoms with van der Waals surface area (Å²) < 4.78 is 1.91. The van der Waals surface area contributed by atoms with Crippen LogP contribution in [0.25, 0.3) is 5.69 Å². The number of nitrogens with zero attached hydrogens (tertiary/aromatic N) is 4. The fourth-order valence-electron chi connectivity index (χ4n) is 4.13. The molecular weight excluding hydrogens is 328 g/mol. The average molecular weight is 352 g/mol. The zero-order valence-electron chi connectivity index (χ0n) is 15.5. The molecule has 2 aliphatic heterocycles. The highest BCUT2D eigenvalue weighted by Gasteiger charge is 2.45. The quantitative estimate of drug-likeness (QED) is 0.851. The Morgan fingerprint density at radius 3 is 2.69 bits per heavy atom. The van der Waals surface area contributed by atoms with E-state index < -0.39 is 6.04 Å². The molecule has 2 aromatic rings. The molecule has 0 aliphatic carbocycles. The second-order valence-corrected chi connectivity index (χ2v) is 7.34. The number of amides is 2. The topological polar surface area (TPSA) is 58.4 Å². The van der Waals surface area contributed by atoms with E-state index >= 15 is 0 Å². The van der Waals surface area contributed by atoms with Gasteiger partial charge in [-0.3, -0.25) is 9.59 Å². The number of hydrogen-bond acceptors (Lipinski definition) is 3. The zero-order valence-corrected chi connectivity index (χ0v) is 15.5. The first-order valence-electron chi connectivity index (χ1n) is 9.19. The molecule has 3 heterocycles. The molecule has 6 nitrogen and oxygen atoms in total. The molecule has 0 N–H and O–H groups in total. The van der Waals surface area contributed by atoms with Gasteiger partial charge in [0.2, 0.25) is 11.8 Å². The molecule has 0 spiro atoms. The average Bonchev–Trinajstić information content (AvgIpc) is 3.23. The SMILES string of the molecule is Cc1cc(C)n(-c2cccc(CN3C(=O)[C@H]4CCCN4C(=O)[C@@H]3C)c2)n1. The first-order chi connectivity index (χ1) is 12.5. The normalized spacial score (nSPS) is 22.9. The minimum Gasteiger partial charge on any atom is -0.329 e. The predicted molar refractivity (Wildman–Crippen MR) is 97.8 cm³/mol. The Labute approximate surface area is 153 Å². The lowest BCUT2D eigenvalue weighted by Gasteiger charge is -2.41. The van der Waals surface area contributed by atoms with E-state index in [0.29, 0.717) is 13.1 Å². The van der Waals surface area contributed by atoms with Gasteiger partial charge in [-0.2, -0.15) is 5.10 Å². The van der Waals surface area contributed by atoms with Crippen LogP contribution >= 0.6 is 0 Å². The highest BCUT2D eigenvalue weighted by atomic mass is 16.2. The summed E-state index contributed by atoms with van der Waals surface area (Å²) in [7, 11) is 0. The fraction of sp³-hybridized carbons (Fsp3) is 0.450. The Morgan fingerprint density at radius 1 is 1.15 bits per heavy atom. The molecule has 2 fully saturated rings. The van der Waals surface area contributed by atoms with E-state index in [-0.39, 0.29) is 17.9 Å². The number of carbonyl (C=O) groups is 2. The minimum atomic E-state index is -0.408. The van der Waals surface area contributed by atoms with Crippen LogP contribution in [-0.2, 0) is 16.1 Å². The molecule has 0 unspecified atom stereocenters. The van der Waals surface area contributed by atoms with Crippen molar-refractivity contribution < 1.29 is 9.59 Å². The van der Waals surface area contributed by atoms with Gasteiger partial charge in [0.1, 0.15) is 12.1 Å². The van der Waals surface area contributed by atoms with E-state index in [2.05, 4.69) is 5.10 Å². The van der Waals surface area contributed by atoms with Gasteiger partial charge in [0.05, 0.1) is 11.4 Å². The van der Waals surface area contributed by atoms with Crippen molar-refractivity contribution in [2.45, 2.75) is 52.2 Å². The van der Waals surface area contributed by atoms with Crippen LogP contribution in [0.1, 0.15) is 36.7 Å². The van der Waals surface area contributed by atoms with E-state index in [1.165, 1.54) is 0 Å². The summed E-state index contributed by atoms with van der Waals surface area (Å²) in [6.45, 7) is 6.99. The molecule has 1 aromatic carbocycles. The monoisotopic (exact) mass is 352 g/mol. The second-order valence-electron chi connectivity index (χ2n) is 7.34. The van der Waals surface area contributed by atoms with Crippen LogP contribution in [-0.4, -0.2) is 50.0 Å². The number of piperazine rings is 1. The summed E-state index contributed by atoms with van der Waals surface area (Å²) >= 11 is 0. The summed E-state index contributed by atoms with van der Waals surface area (Å²) in [4.78, 5) is 29.0. The van der Waals surface area contributed by atoms with Crippen molar-refractivity contribution >= 4 is 11.8 Å². The highest BCUT2D eigenvalue weighted by molar-refractivity contribution is 5.97. The van der Waals surface area contributed by atoms with Gasteiger partial charge in [-0.05, 0) is 57.4 Å². The Hall–Kier alpha value is -2.63. The Morgan fingerprint density at radius 2 is 1.96 bits per heavy atom.